The number of hydrogen-bond acceptors (Lipinski definition) is 4. The molecule has 2 aliphatic rings. The summed E-state index contributed by atoms with van der Waals surface area (Å²) in [5, 5.41) is 4.01. The van der Waals surface area contributed by atoms with Gasteiger partial charge in [-0.25, -0.2) is 4.98 Å². The van der Waals surface area contributed by atoms with Crippen molar-refractivity contribution in [2.45, 2.75) is 62.6 Å². The molecule has 7 heteroatoms. The van der Waals surface area contributed by atoms with E-state index in [4.69, 9.17) is 0 Å². The summed E-state index contributed by atoms with van der Waals surface area (Å²) in [6, 6.07) is 0.347. The molecule has 26 heavy (non-hydrogen) atoms. The van der Waals surface area contributed by atoms with E-state index >= 15 is 0 Å². The number of carbonyl (C=O) groups excluding carboxylic acids is 2. The zero-order chi connectivity index (χ0) is 18.4. The molecule has 1 N–H and O–H groups in total. The number of nitrogens with zero attached hydrogens (tertiary/aromatic N) is 3. The van der Waals surface area contributed by atoms with Gasteiger partial charge in [0.05, 0.1) is 5.92 Å². The third-order valence-corrected chi connectivity index (χ3v) is 6.55. The van der Waals surface area contributed by atoms with Crippen LogP contribution in [0.25, 0.3) is 0 Å². The van der Waals surface area contributed by atoms with Crippen LogP contribution >= 0.6 is 11.8 Å². The van der Waals surface area contributed by atoms with Crippen molar-refractivity contribution < 1.29 is 9.59 Å². The van der Waals surface area contributed by atoms with E-state index in [0.29, 0.717) is 32.0 Å². The van der Waals surface area contributed by atoms with Crippen molar-refractivity contribution >= 4 is 23.6 Å². The van der Waals surface area contributed by atoms with Gasteiger partial charge in [-0.2, -0.15) is 0 Å². The van der Waals surface area contributed by atoms with E-state index in [1.807, 2.05) is 22.7 Å². The lowest BCUT2D eigenvalue weighted by Crippen LogP contribution is -2.50. The molecule has 1 aromatic rings. The maximum Gasteiger partial charge on any atom is 0.224 e. The fraction of sp³-hybridized carbons (Fsp3) is 0.737. The van der Waals surface area contributed by atoms with Gasteiger partial charge in [0.25, 0.3) is 0 Å². The van der Waals surface area contributed by atoms with E-state index in [1.54, 1.807) is 18.0 Å². The molecule has 1 aliphatic heterocycles. The molecular formula is C19H30N4O2S. The van der Waals surface area contributed by atoms with Crippen LogP contribution in [0.4, 0.5) is 0 Å². The number of piperidine rings is 1. The molecule has 1 atom stereocenters. The lowest BCUT2D eigenvalue weighted by molar-refractivity contribution is -0.141. The molecule has 1 aromatic heterocycles. The van der Waals surface area contributed by atoms with Gasteiger partial charge >= 0.3 is 0 Å². The molecule has 0 aromatic carbocycles. The molecule has 2 amide bonds. The van der Waals surface area contributed by atoms with Crippen LogP contribution in [0.2, 0.25) is 0 Å². The minimum Gasteiger partial charge on any atom is -0.355 e. The monoisotopic (exact) mass is 378 g/mol. The molecule has 0 bridgehead atoms. The number of aromatic nitrogens is 2. The summed E-state index contributed by atoms with van der Waals surface area (Å²) in [6.07, 6.45) is 12.0. The highest BCUT2D eigenvalue weighted by Gasteiger charge is 2.34. The first kappa shape index (κ1) is 19.3. The second-order valence-corrected chi connectivity index (χ2v) is 8.45. The van der Waals surface area contributed by atoms with E-state index in [0.717, 1.165) is 23.8 Å². The summed E-state index contributed by atoms with van der Waals surface area (Å²) in [6.45, 7) is 1.23. The zero-order valence-electron chi connectivity index (χ0n) is 15.7. The van der Waals surface area contributed by atoms with E-state index < -0.39 is 0 Å². The van der Waals surface area contributed by atoms with Crippen LogP contribution in [0.3, 0.4) is 0 Å². The van der Waals surface area contributed by atoms with Gasteiger partial charge in [0, 0.05) is 50.7 Å². The molecule has 1 saturated carbocycles. The van der Waals surface area contributed by atoms with Crippen molar-refractivity contribution in [2.75, 3.05) is 18.8 Å². The summed E-state index contributed by atoms with van der Waals surface area (Å²) >= 11 is 1.64. The number of imidazole rings is 1. The Hall–Kier alpha value is -1.50. The smallest absolute Gasteiger partial charge is 0.224 e. The van der Waals surface area contributed by atoms with Crippen LogP contribution in [0, 0.1) is 5.92 Å². The zero-order valence-corrected chi connectivity index (χ0v) is 16.5. The lowest BCUT2D eigenvalue weighted by Gasteiger charge is -2.37. The molecule has 0 radical (unpaired) electrons. The Morgan fingerprint density at radius 2 is 2.04 bits per heavy atom. The third kappa shape index (κ3) is 5.02. The van der Waals surface area contributed by atoms with Gasteiger partial charge in [-0.1, -0.05) is 37.4 Å². The van der Waals surface area contributed by atoms with Crippen LogP contribution in [0.1, 0.15) is 51.4 Å². The van der Waals surface area contributed by atoms with E-state index in [2.05, 4.69) is 10.3 Å². The normalized spacial score (nSPS) is 22.3. The van der Waals surface area contributed by atoms with Crippen molar-refractivity contribution in [2.24, 2.45) is 13.0 Å². The fourth-order valence-corrected chi connectivity index (χ4v) is 4.75. The molecule has 3 rings (SSSR count). The summed E-state index contributed by atoms with van der Waals surface area (Å²) in [5.74, 6) is 1.08. The number of rotatable bonds is 6. The molecule has 1 saturated heterocycles. The van der Waals surface area contributed by atoms with Crippen molar-refractivity contribution in [1.29, 1.82) is 0 Å². The SMILES string of the molecule is Cn1ccnc1SCCNC(=O)[C@H]1CCC(=O)N(C2CCCCCC2)C1. The van der Waals surface area contributed by atoms with Crippen LogP contribution in [-0.4, -0.2) is 51.1 Å². The molecular weight excluding hydrogens is 348 g/mol. The van der Waals surface area contributed by atoms with Crippen molar-refractivity contribution in [3.05, 3.63) is 12.4 Å². The Labute approximate surface area is 160 Å². The molecule has 2 heterocycles. The summed E-state index contributed by atoms with van der Waals surface area (Å²) in [7, 11) is 1.97. The highest BCUT2D eigenvalue weighted by Crippen LogP contribution is 2.27. The lowest BCUT2D eigenvalue weighted by atomic mass is 9.93. The molecule has 6 nitrogen and oxygen atoms in total. The highest BCUT2D eigenvalue weighted by atomic mass is 32.2. The quantitative estimate of drug-likeness (QED) is 0.469. The minimum absolute atomic E-state index is 0.0610. The number of aryl methyl sites for hydroxylation is 1. The predicted octanol–water partition coefficient (Wildman–Crippen LogP) is 2.59. The molecule has 1 aliphatic carbocycles. The Morgan fingerprint density at radius 1 is 1.27 bits per heavy atom. The topological polar surface area (TPSA) is 67.2 Å². The largest absolute Gasteiger partial charge is 0.355 e. The van der Waals surface area contributed by atoms with E-state index in [-0.39, 0.29) is 17.7 Å². The summed E-state index contributed by atoms with van der Waals surface area (Å²) in [5.41, 5.74) is 0. The second kappa shape index (κ2) is 9.44. The number of carbonyl (C=O) groups is 2. The van der Waals surface area contributed by atoms with Crippen LogP contribution in [0.5, 0.6) is 0 Å². The van der Waals surface area contributed by atoms with Crippen molar-refractivity contribution in [3.8, 4) is 0 Å². The maximum absolute atomic E-state index is 12.6. The average Bonchev–Trinajstić information content (AvgIpc) is 2.88. The standard InChI is InChI=1S/C19H30N4O2S/c1-22-12-10-21-19(22)26-13-11-20-18(25)15-8-9-17(24)23(14-15)16-6-4-2-3-5-7-16/h10,12,15-16H,2-9,11,13-14H2,1H3,(H,20,25)/t15-/m0/s1. The molecule has 0 unspecified atom stereocenters. The first-order valence-corrected chi connectivity index (χ1v) is 10.8. The maximum atomic E-state index is 12.6. The van der Waals surface area contributed by atoms with Crippen molar-refractivity contribution in [1.82, 2.24) is 19.8 Å². The third-order valence-electron chi connectivity index (χ3n) is 5.49. The Morgan fingerprint density at radius 3 is 2.73 bits per heavy atom. The minimum atomic E-state index is -0.0610. The number of nitrogens with one attached hydrogen (secondary N) is 1. The van der Waals surface area contributed by atoms with Crippen LogP contribution < -0.4 is 5.32 Å². The molecule has 0 spiro atoms. The molecule has 2 fully saturated rings. The van der Waals surface area contributed by atoms with Gasteiger partial charge in [-0.15, -0.1) is 0 Å². The Balaban J connectivity index is 1.44. The van der Waals surface area contributed by atoms with E-state index in [9.17, 15) is 9.59 Å². The molecule has 144 valence electrons. The Kier molecular flexibility index (Phi) is 7.00. The average molecular weight is 379 g/mol. The Bertz CT molecular complexity index is 610. The predicted molar refractivity (Wildman–Crippen MR) is 103 cm³/mol. The number of likely N-dealkylation sites (tertiary alicyclic amines) is 1. The van der Waals surface area contributed by atoms with Gasteiger partial charge < -0.3 is 14.8 Å². The van der Waals surface area contributed by atoms with Crippen LogP contribution in [0.15, 0.2) is 17.6 Å². The second-order valence-electron chi connectivity index (χ2n) is 7.39. The first-order valence-electron chi connectivity index (χ1n) is 9.82. The summed E-state index contributed by atoms with van der Waals surface area (Å²) in [4.78, 5) is 31.2. The number of hydrogen-bond donors (Lipinski definition) is 1. The van der Waals surface area contributed by atoms with Gasteiger partial charge in [0.2, 0.25) is 11.8 Å². The first-order chi connectivity index (χ1) is 12.6. The van der Waals surface area contributed by atoms with Gasteiger partial charge in [0.1, 0.15) is 0 Å². The van der Waals surface area contributed by atoms with Gasteiger partial charge in [0.15, 0.2) is 5.16 Å². The number of thioether (sulfide) groups is 1. The highest BCUT2D eigenvalue weighted by molar-refractivity contribution is 7.99. The number of amides is 2. The fourth-order valence-electron chi connectivity index (χ4n) is 3.96. The van der Waals surface area contributed by atoms with E-state index in [1.165, 1.54) is 25.7 Å². The van der Waals surface area contributed by atoms with Gasteiger partial charge in [-0.05, 0) is 19.3 Å². The van der Waals surface area contributed by atoms with Gasteiger partial charge in [-0.3, -0.25) is 9.59 Å². The summed E-state index contributed by atoms with van der Waals surface area (Å²) < 4.78 is 1.98. The van der Waals surface area contributed by atoms with Crippen molar-refractivity contribution in [3.63, 3.8) is 0 Å². The van der Waals surface area contributed by atoms with Crippen LogP contribution in [-0.2, 0) is 16.6 Å².